The van der Waals surface area contributed by atoms with Crippen molar-refractivity contribution in [1.82, 2.24) is 0 Å². The van der Waals surface area contributed by atoms with Crippen molar-refractivity contribution in [3.05, 3.63) is 174 Å². The van der Waals surface area contributed by atoms with Crippen LogP contribution in [0.4, 0.5) is 17.1 Å². The molecular weight excluding hydrogens is 583 g/mol. The molecule has 2 nitrogen and oxygen atoms in total. The smallest absolute Gasteiger partial charge is 0.136 e. The van der Waals surface area contributed by atoms with Crippen LogP contribution >= 0.6 is 0 Å². The second-order valence-electron chi connectivity index (χ2n) is 13.8. The fraction of sp³-hybridized carbons (Fsp3) is 0.0870. The zero-order chi connectivity index (χ0) is 32.0. The number of nitrogens with zero attached hydrogens (tertiary/aromatic N) is 1. The lowest BCUT2D eigenvalue weighted by molar-refractivity contribution is 0.660. The first-order valence-corrected chi connectivity index (χ1v) is 16.8. The zero-order valence-corrected chi connectivity index (χ0v) is 27.0. The molecule has 228 valence electrons. The summed E-state index contributed by atoms with van der Waals surface area (Å²) in [4.78, 5) is 2.43. The summed E-state index contributed by atoms with van der Waals surface area (Å²) < 4.78 is 6.28. The first-order valence-electron chi connectivity index (χ1n) is 16.8. The van der Waals surface area contributed by atoms with Crippen molar-refractivity contribution in [3.63, 3.8) is 0 Å². The van der Waals surface area contributed by atoms with Crippen LogP contribution in [0.15, 0.2) is 156 Å². The highest BCUT2D eigenvalue weighted by molar-refractivity contribution is 6.06. The molecule has 0 radical (unpaired) electrons. The van der Waals surface area contributed by atoms with Crippen LogP contribution in [-0.2, 0) is 11.8 Å². The van der Waals surface area contributed by atoms with Crippen molar-refractivity contribution in [3.8, 4) is 33.4 Å². The van der Waals surface area contributed by atoms with E-state index in [1.165, 1.54) is 44.5 Å². The van der Waals surface area contributed by atoms with Gasteiger partial charge in [-0.1, -0.05) is 111 Å². The van der Waals surface area contributed by atoms with Crippen LogP contribution in [-0.4, -0.2) is 0 Å². The predicted octanol–water partition coefficient (Wildman–Crippen LogP) is 12.6. The van der Waals surface area contributed by atoms with Crippen LogP contribution in [0.2, 0.25) is 0 Å². The maximum Gasteiger partial charge on any atom is 0.136 e. The molecule has 48 heavy (non-hydrogen) atoms. The molecule has 0 aliphatic heterocycles. The maximum absolute atomic E-state index is 6.28. The van der Waals surface area contributed by atoms with Gasteiger partial charge < -0.3 is 9.32 Å². The van der Waals surface area contributed by atoms with E-state index < -0.39 is 0 Å². The summed E-state index contributed by atoms with van der Waals surface area (Å²) in [7, 11) is 0. The highest BCUT2D eigenvalue weighted by atomic mass is 16.3. The van der Waals surface area contributed by atoms with Crippen LogP contribution in [0.1, 0.15) is 36.1 Å². The molecule has 8 aromatic rings. The van der Waals surface area contributed by atoms with Crippen molar-refractivity contribution in [2.45, 2.75) is 25.7 Å². The van der Waals surface area contributed by atoms with Gasteiger partial charge in [0.05, 0.1) is 0 Å². The predicted molar refractivity (Wildman–Crippen MR) is 200 cm³/mol. The van der Waals surface area contributed by atoms with Gasteiger partial charge in [-0.25, -0.2) is 0 Å². The van der Waals surface area contributed by atoms with E-state index in [0.717, 1.165) is 56.5 Å². The Hall–Kier alpha value is -5.86. The van der Waals surface area contributed by atoms with Crippen molar-refractivity contribution < 1.29 is 4.42 Å². The third-order valence-corrected chi connectivity index (χ3v) is 10.7. The number of hydrogen-bond donors (Lipinski definition) is 0. The second kappa shape index (κ2) is 10.1. The molecule has 0 amide bonds. The summed E-state index contributed by atoms with van der Waals surface area (Å²) in [6, 6.07) is 55.5. The van der Waals surface area contributed by atoms with Gasteiger partial charge in [0, 0.05) is 33.2 Å². The molecule has 1 aromatic heterocycles. The van der Waals surface area contributed by atoms with Gasteiger partial charge in [0.1, 0.15) is 11.2 Å². The van der Waals surface area contributed by atoms with Crippen LogP contribution in [0.5, 0.6) is 0 Å². The number of anilines is 3. The van der Waals surface area contributed by atoms with E-state index in [9.17, 15) is 0 Å². The summed E-state index contributed by atoms with van der Waals surface area (Å²) >= 11 is 0. The minimum atomic E-state index is -0.0399. The van der Waals surface area contributed by atoms with Gasteiger partial charge in [0.2, 0.25) is 0 Å². The molecule has 0 N–H and O–H groups in total. The van der Waals surface area contributed by atoms with E-state index in [1.54, 1.807) is 0 Å². The number of furan rings is 1. The number of rotatable bonds is 4. The summed E-state index contributed by atoms with van der Waals surface area (Å²) in [5, 5.41) is 2.30. The van der Waals surface area contributed by atoms with Gasteiger partial charge in [-0.3, -0.25) is 0 Å². The van der Waals surface area contributed by atoms with E-state index in [4.69, 9.17) is 4.42 Å². The SMILES string of the molecule is CC1(C)c2ccccc2-c2cc(N(c3cccc(-c4ccc5c(c4)oc4ccccc45)c3)c3ccc4c(c3)-c3ccccc3C4)ccc21. The monoisotopic (exact) mass is 615 g/mol. The molecule has 0 bridgehead atoms. The van der Waals surface area contributed by atoms with Crippen molar-refractivity contribution >= 4 is 39.0 Å². The van der Waals surface area contributed by atoms with Crippen LogP contribution in [0, 0.1) is 0 Å². The Kier molecular flexibility index (Phi) is 5.72. The lowest BCUT2D eigenvalue weighted by Crippen LogP contribution is -2.15. The largest absolute Gasteiger partial charge is 0.456 e. The normalized spacial score (nSPS) is 13.7. The number of para-hydroxylation sites is 1. The van der Waals surface area contributed by atoms with E-state index in [2.05, 4.69) is 158 Å². The summed E-state index contributed by atoms with van der Waals surface area (Å²) in [5.74, 6) is 0. The van der Waals surface area contributed by atoms with Crippen molar-refractivity contribution in [1.29, 1.82) is 0 Å². The summed E-state index contributed by atoms with van der Waals surface area (Å²) in [5.41, 5.74) is 18.4. The fourth-order valence-electron chi connectivity index (χ4n) is 8.28. The standard InChI is InChI=1S/C46H33NO/c1-46(2)42-16-7-5-14-37(42)41-28-35(21-23-43(41)46)47(34-20-18-32-24-31-10-3-4-13-36(31)40(32)27-34)33-12-9-11-29(25-33)30-19-22-39-38-15-6-8-17-44(38)48-45(39)26-30/h3-23,25-28H,24H2,1-2H3. The minimum absolute atomic E-state index is 0.0399. The van der Waals surface area contributed by atoms with Gasteiger partial charge in [-0.15, -0.1) is 0 Å². The third kappa shape index (κ3) is 3.99. The molecule has 0 saturated carbocycles. The third-order valence-electron chi connectivity index (χ3n) is 10.7. The van der Waals surface area contributed by atoms with E-state index in [0.29, 0.717) is 0 Å². The Morgan fingerprint density at radius 2 is 1.12 bits per heavy atom. The molecule has 7 aromatic carbocycles. The van der Waals surface area contributed by atoms with Gasteiger partial charge in [0.25, 0.3) is 0 Å². The van der Waals surface area contributed by atoms with E-state index in [1.807, 2.05) is 12.1 Å². The van der Waals surface area contributed by atoms with E-state index in [-0.39, 0.29) is 5.41 Å². The molecule has 0 atom stereocenters. The fourth-order valence-corrected chi connectivity index (χ4v) is 8.28. The lowest BCUT2D eigenvalue weighted by atomic mass is 9.82. The Balaban J connectivity index is 1.15. The van der Waals surface area contributed by atoms with Crippen LogP contribution in [0.25, 0.3) is 55.3 Å². The average molecular weight is 616 g/mol. The average Bonchev–Trinajstić information content (AvgIpc) is 3.76. The Morgan fingerprint density at radius 1 is 0.458 bits per heavy atom. The van der Waals surface area contributed by atoms with Crippen molar-refractivity contribution in [2.24, 2.45) is 0 Å². The Labute approximate surface area is 280 Å². The molecule has 2 aliphatic carbocycles. The summed E-state index contributed by atoms with van der Waals surface area (Å²) in [6.07, 6.45) is 0.982. The molecule has 0 fully saturated rings. The topological polar surface area (TPSA) is 16.4 Å². The number of fused-ring (bicyclic) bond motifs is 9. The van der Waals surface area contributed by atoms with Crippen LogP contribution in [0.3, 0.4) is 0 Å². The first kappa shape index (κ1) is 27.3. The molecular formula is C46H33NO. The second-order valence-corrected chi connectivity index (χ2v) is 13.8. The first-order chi connectivity index (χ1) is 23.5. The minimum Gasteiger partial charge on any atom is -0.456 e. The highest BCUT2D eigenvalue weighted by Gasteiger charge is 2.35. The Bertz CT molecular complexity index is 2590. The van der Waals surface area contributed by atoms with Gasteiger partial charge in [-0.05, 0) is 117 Å². The van der Waals surface area contributed by atoms with Gasteiger partial charge in [0.15, 0.2) is 0 Å². The quantitative estimate of drug-likeness (QED) is 0.196. The highest BCUT2D eigenvalue weighted by Crippen LogP contribution is 2.51. The molecule has 2 heteroatoms. The van der Waals surface area contributed by atoms with Crippen molar-refractivity contribution in [2.75, 3.05) is 4.90 Å². The van der Waals surface area contributed by atoms with Gasteiger partial charge in [-0.2, -0.15) is 0 Å². The molecule has 0 spiro atoms. The zero-order valence-electron chi connectivity index (χ0n) is 27.0. The maximum atomic E-state index is 6.28. The number of benzene rings is 7. The van der Waals surface area contributed by atoms with E-state index >= 15 is 0 Å². The molecule has 1 heterocycles. The number of hydrogen-bond acceptors (Lipinski definition) is 2. The Morgan fingerprint density at radius 3 is 2.04 bits per heavy atom. The molecule has 10 rings (SSSR count). The molecule has 0 unspecified atom stereocenters. The molecule has 2 aliphatic rings. The molecule has 0 saturated heterocycles. The summed E-state index contributed by atoms with van der Waals surface area (Å²) in [6.45, 7) is 4.69. The van der Waals surface area contributed by atoms with Gasteiger partial charge >= 0.3 is 0 Å². The lowest BCUT2D eigenvalue weighted by Gasteiger charge is -2.28. The van der Waals surface area contributed by atoms with Crippen LogP contribution < -0.4 is 4.90 Å².